The molecule has 3 heterocycles. The second kappa shape index (κ2) is 9.23. The van der Waals surface area contributed by atoms with E-state index < -0.39 is 0 Å². The number of ketones is 1. The minimum Gasteiger partial charge on any atom is -0.287 e. The van der Waals surface area contributed by atoms with E-state index >= 15 is 0 Å². The smallest absolute Gasteiger partial charge is 0.228 e. The van der Waals surface area contributed by atoms with Gasteiger partial charge in [0.05, 0.1) is 22.6 Å². The molecule has 4 N–H and O–H groups in total. The van der Waals surface area contributed by atoms with Gasteiger partial charge in [-0.2, -0.15) is 11.1 Å². The fraction of sp³-hybridized carbons (Fsp3) is 0.0645. The summed E-state index contributed by atoms with van der Waals surface area (Å²) in [5, 5.41) is 3.14. The molecule has 7 rings (SSSR count). The molecule has 0 unspecified atom stereocenters. The highest BCUT2D eigenvalue weighted by Gasteiger charge is 2.34. The number of fused-ring (bicyclic) bond motifs is 3. The third-order valence-corrected chi connectivity index (χ3v) is 7.23. The van der Waals surface area contributed by atoms with Crippen molar-refractivity contribution in [3.05, 3.63) is 114 Å². The van der Waals surface area contributed by atoms with E-state index in [-0.39, 0.29) is 17.9 Å². The summed E-state index contributed by atoms with van der Waals surface area (Å²) in [6, 6.07) is 29.7. The predicted molar refractivity (Wildman–Crippen MR) is 152 cm³/mol. The number of hydrogen-bond donors (Lipinski definition) is 4. The Morgan fingerprint density at radius 2 is 1.56 bits per heavy atom. The van der Waals surface area contributed by atoms with E-state index in [1.54, 1.807) is 18.2 Å². The summed E-state index contributed by atoms with van der Waals surface area (Å²) in [6.07, 6.45) is 1.64. The molecule has 1 aromatic heterocycles. The van der Waals surface area contributed by atoms with Crippen LogP contribution >= 0.6 is 0 Å². The number of allylic oxidation sites excluding steroid dienone is 1. The van der Waals surface area contributed by atoms with Crippen LogP contribution in [-0.2, 0) is 4.79 Å². The second-order valence-electron chi connectivity index (χ2n) is 9.60. The van der Waals surface area contributed by atoms with E-state index in [2.05, 4.69) is 58.3 Å². The minimum atomic E-state index is -0.226. The van der Waals surface area contributed by atoms with Gasteiger partial charge < -0.3 is 0 Å². The first-order valence-corrected chi connectivity index (χ1v) is 12.7. The zero-order valence-corrected chi connectivity index (χ0v) is 21.0. The van der Waals surface area contributed by atoms with Gasteiger partial charge in [-0.15, -0.1) is 0 Å². The van der Waals surface area contributed by atoms with Crippen molar-refractivity contribution in [2.24, 2.45) is 0 Å². The number of aromatic nitrogens is 1. The summed E-state index contributed by atoms with van der Waals surface area (Å²) in [6.45, 7) is 1.47. The van der Waals surface area contributed by atoms with E-state index in [4.69, 9.17) is 4.98 Å². The van der Waals surface area contributed by atoms with Crippen molar-refractivity contribution in [2.45, 2.75) is 13.1 Å². The number of Topliss-reactive ketones (excluding diaryl/α,β-unsaturated/α-hetero) is 1. The topological polar surface area (TPSA) is 98.4 Å². The third-order valence-electron chi connectivity index (χ3n) is 7.23. The summed E-state index contributed by atoms with van der Waals surface area (Å²) in [7, 11) is 0. The average Bonchev–Trinajstić information content (AvgIpc) is 3.60. The summed E-state index contributed by atoms with van der Waals surface area (Å²) >= 11 is 0. The number of rotatable bonds is 3. The van der Waals surface area contributed by atoms with Crippen LogP contribution in [-0.4, -0.2) is 16.7 Å². The molecule has 0 radical (unpaired) electrons. The quantitative estimate of drug-likeness (QED) is 0.259. The Morgan fingerprint density at radius 1 is 0.821 bits per heavy atom. The number of carbonyl (C=O) groups excluding carboxylic acids is 2. The number of anilines is 1. The van der Waals surface area contributed by atoms with Gasteiger partial charge >= 0.3 is 0 Å². The zero-order chi connectivity index (χ0) is 26.5. The van der Waals surface area contributed by atoms with Gasteiger partial charge in [0.15, 0.2) is 0 Å². The molecule has 0 bridgehead atoms. The molecular formula is C31H24N6O2. The van der Waals surface area contributed by atoms with Gasteiger partial charge in [-0.1, -0.05) is 60.7 Å². The fourth-order valence-corrected chi connectivity index (χ4v) is 5.42. The lowest BCUT2D eigenvalue weighted by molar-refractivity contribution is -0.116. The highest BCUT2D eigenvalue weighted by molar-refractivity contribution is 6.27. The van der Waals surface area contributed by atoms with Crippen molar-refractivity contribution in [1.82, 2.24) is 26.9 Å². The van der Waals surface area contributed by atoms with Crippen molar-refractivity contribution >= 4 is 45.1 Å². The second-order valence-corrected chi connectivity index (χ2v) is 9.60. The van der Waals surface area contributed by atoms with Crippen molar-refractivity contribution in [3.63, 3.8) is 0 Å². The van der Waals surface area contributed by atoms with Crippen LogP contribution in [0.4, 0.5) is 5.69 Å². The first-order valence-electron chi connectivity index (χ1n) is 12.7. The molecule has 0 spiro atoms. The van der Waals surface area contributed by atoms with Gasteiger partial charge in [-0.05, 0) is 58.3 Å². The number of amides is 1. The number of hydrogen-bond acceptors (Lipinski definition) is 7. The molecule has 0 aliphatic carbocycles. The average molecular weight is 513 g/mol. The van der Waals surface area contributed by atoms with Crippen LogP contribution in [0.5, 0.6) is 0 Å². The lowest BCUT2D eigenvalue weighted by atomic mass is 9.94. The molecule has 8 nitrogen and oxygen atoms in total. The molecule has 39 heavy (non-hydrogen) atoms. The lowest BCUT2D eigenvalue weighted by Crippen LogP contribution is -2.33. The molecule has 1 saturated heterocycles. The molecule has 4 aromatic carbocycles. The van der Waals surface area contributed by atoms with Gasteiger partial charge in [0.1, 0.15) is 6.17 Å². The van der Waals surface area contributed by atoms with E-state index in [1.807, 2.05) is 42.5 Å². The summed E-state index contributed by atoms with van der Waals surface area (Å²) in [4.78, 5) is 32.8. The monoisotopic (exact) mass is 512 g/mol. The third kappa shape index (κ3) is 3.91. The Balaban J connectivity index is 1.48. The van der Waals surface area contributed by atoms with Gasteiger partial charge in [-0.25, -0.2) is 15.8 Å². The maximum absolute atomic E-state index is 13.5. The maximum atomic E-state index is 13.5. The van der Waals surface area contributed by atoms with E-state index in [9.17, 15) is 9.59 Å². The van der Waals surface area contributed by atoms with Crippen LogP contribution in [0, 0.1) is 0 Å². The Hall–Kier alpha value is -4.73. The number of nitrogens with one attached hydrogen (secondary N) is 4. The van der Waals surface area contributed by atoms with E-state index in [0.717, 1.165) is 38.4 Å². The number of para-hydroxylation sites is 1. The molecule has 1 amide bonds. The molecule has 2 aliphatic heterocycles. The van der Waals surface area contributed by atoms with Gasteiger partial charge in [0.2, 0.25) is 11.7 Å². The van der Waals surface area contributed by atoms with Gasteiger partial charge in [0.25, 0.3) is 0 Å². The highest BCUT2D eigenvalue weighted by Crippen LogP contribution is 2.38. The minimum absolute atomic E-state index is 0.115. The van der Waals surface area contributed by atoms with E-state index in [0.29, 0.717) is 22.6 Å². The van der Waals surface area contributed by atoms with Crippen LogP contribution < -0.4 is 26.8 Å². The van der Waals surface area contributed by atoms with Gasteiger partial charge in [-0.3, -0.25) is 14.5 Å². The summed E-state index contributed by atoms with van der Waals surface area (Å²) < 4.78 is 0. The van der Waals surface area contributed by atoms with Crippen LogP contribution in [0.3, 0.4) is 0 Å². The number of benzene rings is 4. The number of carbonyl (C=O) groups is 2. The van der Waals surface area contributed by atoms with E-state index in [1.165, 1.54) is 11.8 Å². The molecule has 1 fully saturated rings. The Bertz CT molecular complexity index is 1840. The Labute approximate surface area is 224 Å². The molecule has 190 valence electrons. The molecule has 2 aliphatic rings. The van der Waals surface area contributed by atoms with Crippen LogP contribution in [0.15, 0.2) is 96.7 Å². The summed E-state index contributed by atoms with van der Waals surface area (Å²) in [5.74, 6) is -0.421. The maximum Gasteiger partial charge on any atom is 0.228 e. The van der Waals surface area contributed by atoms with Crippen LogP contribution in [0.1, 0.15) is 34.7 Å². The van der Waals surface area contributed by atoms with Crippen LogP contribution in [0.25, 0.3) is 38.9 Å². The Morgan fingerprint density at radius 3 is 2.41 bits per heavy atom. The molecular weight excluding hydrogens is 488 g/mol. The van der Waals surface area contributed by atoms with Crippen molar-refractivity contribution in [2.75, 3.05) is 4.90 Å². The first-order chi connectivity index (χ1) is 19.1. The van der Waals surface area contributed by atoms with Crippen LogP contribution in [0.2, 0.25) is 0 Å². The Kier molecular flexibility index (Phi) is 5.54. The fourth-order valence-electron chi connectivity index (χ4n) is 5.42. The SMILES string of the molecule is CC(=O)N1/C(=C\c2nc3ccc(C4NNNN4)cc3cc2-c2cccc3ccccc23)C(=O)c2ccccc21. The number of pyridine rings is 1. The standard InChI is InChI=1S/C31H24N6O2/c1-18(38)37-28-12-5-4-10-24(28)30(39)29(37)17-27-25(23-11-6-8-19-7-2-3-9-22(19)23)16-21-15-20(13-14-26(21)32-27)31-33-35-36-34-31/h2-17,31,33-36H,1H3/b29-17-. The van der Waals surface area contributed by atoms with Gasteiger partial charge in [0, 0.05) is 23.4 Å². The van der Waals surface area contributed by atoms with Crippen molar-refractivity contribution in [3.8, 4) is 11.1 Å². The zero-order valence-electron chi connectivity index (χ0n) is 21.0. The largest absolute Gasteiger partial charge is 0.287 e. The van der Waals surface area contributed by atoms with Crippen molar-refractivity contribution in [1.29, 1.82) is 0 Å². The predicted octanol–water partition coefficient (Wildman–Crippen LogP) is 4.76. The molecule has 0 atom stereocenters. The highest BCUT2D eigenvalue weighted by atomic mass is 16.2. The van der Waals surface area contributed by atoms with Crippen molar-refractivity contribution < 1.29 is 9.59 Å². The lowest BCUT2D eigenvalue weighted by Gasteiger charge is -2.17. The summed E-state index contributed by atoms with van der Waals surface area (Å²) in [5.41, 5.74) is 17.6. The number of nitrogens with zero attached hydrogens (tertiary/aromatic N) is 2. The molecule has 0 saturated carbocycles. The normalized spacial score (nSPS) is 16.5. The first kappa shape index (κ1) is 23.4. The molecule has 8 heteroatoms. The molecule has 5 aromatic rings. The number of hydrazine groups is 3.